The zero-order valence-corrected chi connectivity index (χ0v) is 17.3. The van der Waals surface area contributed by atoms with E-state index in [1.807, 2.05) is 0 Å². The molecule has 0 spiro atoms. The van der Waals surface area contributed by atoms with Gasteiger partial charge in [0.1, 0.15) is 0 Å². The molecular formula is C23H20N6O4. The van der Waals surface area contributed by atoms with Crippen molar-refractivity contribution < 1.29 is 19.8 Å². The van der Waals surface area contributed by atoms with E-state index in [-0.39, 0.29) is 35.2 Å². The van der Waals surface area contributed by atoms with Crippen LogP contribution in [0.25, 0.3) is 11.2 Å². The molecule has 0 fully saturated rings. The lowest BCUT2D eigenvalue weighted by Crippen LogP contribution is -2.16. The number of hydrogen-bond acceptors (Lipinski definition) is 9. The molecule has 0 unspecified atom stereocenters. The molecule has 0 radical (unpaired) electrons. The van der Waals surface area contributed by atoms with Crippen LogP contribution in [0, 0.1) is 0 Å². The lowest BCUT2D eigenvalue weighted by molar-refractivity contribution is -0.138. The average Bonchev–Trinajstić information content (AvgIpc) is 2.82. The fourth-order valence-corrected chi connectivity index (χ4v) is 3.33. The number of nitrogen functional groups attached to an aromatic ring is 1. The minimum atomic E-state index is -1.04. The quantitative estimate of drug-likeness (QED) is 0.297. The lowest BCUT2D eigenvalue weighted by atomic mass is 9.91. The average molecular weight is 444 g/mol. The third kappa shape index (κ3) is 5.01. The Hall–Kier alpha value is -4.60. The van der Waals surface area contributed by atoms with Crippen LogP contribution in [0.2, 0.25) is 0 Å². The highest BCUT2D eigenvalue weighted by molar-refractivity contribution is 5.99. The number of aromatic nitrogens is 4. The Morgan fingerprint density at radius 3 is 2.42 bits per heavy atom. The smallest absolute Gasteiger partial charge is 0.311 e. The van der Waals surface area contributed by atoms with E-state index in [2.05, 4.69) is 25.3 Å². The first-order valence-electron chi connectivity index (χ1n) is 10.0. The predicted octanol–water partition coefficient (Wildman–Crippen LogP) is 2.76. The second kappa shape index (κ2) is 9.27. The van der Waals surface area contributed by atoms with Gasteiger partial charge in [0.15, 0.2) is 16.9 Å². The lowest BCUT2D eigenvalue weighted by Gasteiger charge is -2.12. The second-order valence-corrected chi connectivity index (χ2v) is 7.30. The van der Waals surface area contributed by atoms with Crippen LogP contribution in [0.3, 0.4) is 0 Å². The number of nitrogens with zero attached hydrogens (tertiary/aromatic N) is 4. The van der Waals surface area contributed by atoms with Gasteiger partial charge in [0.25, 0.3) is 0 Å². The number of benzene rings is 2. The first kappa shape index (κ1) is 21.6. The molecule has 2 aromatic heterocycles. The largest absolute Gasteiger partial charge is 0.492 e. The van der Waals surface area contributed by atoms with Gasteiger partial charge in [0.05, 0.1) is 24.4 Å². The molecule has 0 aliphatic carbocycles. The highest BCUT2D eigenvalue weighted by Gasteiger charge is 2.23. The molecule has 2 heterocycles. The summed E-state index contributed by atoms with van der Waals surface area (Å²) in [6.45, 7) is 0.301. The molecule has 0 saturated carbocycles. The Labute approximate surface area is 188 Å². The fourth-order valence-electron chi connectivity index (χ4n) is 3.33. The molecule has 0 amide bonds. The maximum absolute atomic E-state index is 12.7. The Kier molecular flexibility index (Phi) is 6.07. The number of carboxylic acid groups (broad SMARTS) is 1. The van der Waals surface area contributed by atoms with Crippen molar-refractivity contribution in [2.24, 2.45) is 0 Å². The summed E-state index contributed by atoms with van der Waals surface area (Å²) in [5, 5.41) is 22.6. The molecule has 1 atom stereocenters. The van der Waals surface area contributed by atoms with Gasteiger partial charge in [-0.3, -0.25) is 9.59 Å². The molecule has 4 aromatic rings. The summed E-state index contributed by atoms with van der Waals surface area (Å²) in [7, 11) is 0. The summed E-state index contributed by atoms with van der Waals surface area (Å²) in [4.78, 5) is 40.3. The molecule has 33 heavy (non-hydrogen) atoms. The summed E-state index contributed by atoms with van der Waals surface area (Å²) >= 11 is 0. The van der Waals surface area contributed by atoms with E-state index in [9.17, 15) is 19.8 Å². The highest BCUT2D eigenvalue weighted by atomic mass is 16.4. The Bertz CT molecular complexity index is 1310. The van der Waals surface area contributed by atoms with Gasteiger partial charge in [-0.15, -0.1) is 0 Å². The number of fused-ring (bicyclic) bond motifs is 1. The number of carbonyl (C=O) groups is 2. The molecule has 0 bridgehead atoms. The van der Waals surface area contributed by atoms with Crippen LogP contribution >= 0.6 is 0 Å². The number of hydrogen-bond donors (Lipinski definition) is 4. The molecule has 10 nitrogen and oxygen atoms in total. The highest BCUT2D eigenvalue weighted by Crippen LogP contribution is 2.23. The monoisotopic (exact) mass is 444 g/mol. The van der Waals surface area contributed by atoms with Gasteiger partial charge in [0.2, 0.25) is 11.8 Å². The van der Waals surface area contributed by atoms with Crippen LogP contribution in [-0.2, 0) is 11.3 Å². The Balaban J connectivity index is 1.41. The topological polar surface area (TPSA) is 164 Å². The third-order valence-corrected chi connectivity index (χ3v) is 5.03. The normalized spacial score (nSPS) is 11.8. The molecule has 5 N–H and O–H groups in total. The number of rotatable bonds is 8. The second-order valence-electron chi connectivity index (χ2n) is 7.30. The number of nitrogens with one attached hydrogen (secondary N) is 1. The number of ketones is 1. The molecule has 4 rings (SSSR count). The number of aliphatic carboxylic acids is 1. The summed E-state index contributed by atoms with van der Waals surface area (Å²) < 4.78 is 0. The number of anilines is 2. The first-order chi connectivity index (χ1) is 15.9. The minimum Gasteiger partial charge on any atom is -0.492 e. The number of nitrogens with two attached hydrogens (primary N) is 1. The number of carbonyl (C=O) groups excluding carboxylic acids is 1. The summed E-state index contributed by atoms with van der Waals surface area (Å²) in [6.07, 6.45) is 1.38. The molecule has 166 valence electrons. The predicted molar refractivity (Wildman–Crippen MR) is 121 cm³/mol. The van der Waals surface area contributed by atoms with Gasteiger partial charge in [-0.05, 0) is 29.8 Å². The summed E-state index contributed by atoms with van der Waals surface area (Å²) in [5.41, 5.74) is 8.11. The minimum absolute atomic E-state index is 0.0896. The van der Waals surface area contributed by atoms with Gasteiger partial charge in [-0.25, -0.2) is 9.97 Å². The van der Waals surface area contributed by atoms with Crippen molar-refractivity contribution in [3.8, 4) is 5.88 Å². The molecule has 0 aliphatic heterocycles. The Morgan fingerprint density at radius 1 is 1.00 bits per heavy atom. The fraction of sp³-hybridized carbons (Fsp3) is 0.130. The van der Waals surface area contributed by atoms with E-state index in [1.54, 1.807) is 54.6 Å². The van der Waals surface area contributed by atoms with E-state index in [0.29, 0.717) is 23.4 Å². The van der Waals surface area contributed by atoms with E-state index < -0.39 is 11.9 Å². The van der Waals surface area contributed by atoms with Crippen LogP contribution in [0.4, 0.5) is 11.6 Å². The molecule has 0 saturated heterocycles. The van der Waals surface area contributed by atoms with Crippen molar-refractivity contribution in [1.82, 2.24) is 19.9 Å². The standard InChI is InChI=1S/C23H20N6O4/c24-23-28-20-19(21(31)29-23)27-16(12-26-20)11-25-15-8-6-14(7-9-15)18(30)10-17(22(32)33)13-4-2-1-3-5-13/h1-9,12,17,25H,10-11H2,(H,32,33)(H3,24,26,28,29,31)/t17-/m0/s1. The van der Waals surface area contributed by atoms with Crippen molar-refractivity contribution in [2.45, 2.75) is 18.9 Å². The molecule has 0 aliphatic rings. The summed E-state index contributed by atoms with van der Waals surface area (Å²) in [5.74, 6) is -2.63. The van der Waals surface area contributed by atoms with Gasteiger partial charge in [0, 0.05) is 17.7 Å². The SMILES string of the molecule is Nc1nc(O)c2nc(CNc3ccc(C(=O)C[C@H](C(=O)O)c4ccccc4)cc3)cnc2n1. The van der Waals surface area contributed by atoms with Crippen LogP contribution in [0.5, 0.6) is 5.88 Å². The van der Waals surface area contributed by atoms with Crippen molar-refractivity contribution in [3.63, 3.8) is 0 Å². The van der Waals surface area contributed by atoms with Crippen LogP contribution < -0.4 is 11.1 Å². The maximum atomic E-state index is 12.7. The van der Waals surface area contributed by atoms with Crippen LogP contribution in [0.15, 0.2) is 60.8 Å². The van der Waals surface area contributed by atoms with Crippen molar-refractivity contribution in [2.75, 3.05) is 11.1 Å². The van der Waals surface area contributed by atoms with Crippen molar-refractivity contribution in [3.05, 3.63) is 77.6 Å². The van der Waals surface area contributed by atoms with E-state index in [1.165, 1.54) is 6.20 Å². The zero-order chi connectivity index (χ0) is 23.4. The van der Waals surface area contributed by atoms with Crippen molar-refractivity contribution >= 4 is 34.6 Å². The summed E-state index contributed by atoms with van der Waals surface area (Å²) in [6, 6.07) is 15.4. The molecular weight excluding hydrogens is 424 g/mol. The van der Waals surface area contributed by atoms with Gasteiger partial charge >= 0.3 is 5.97 Å². The van der Waals surface area contributed by atoms with Crippen LogP contribution in [0.1, 0.15) is 34.0 Å². The van der Waals surface area contributed by atoms with Gasteiger partial charge in [-0.1, -0.05) is 30.3 Å². The van der Waals surface area contributed by atoms with Gasteiger partial charge in [-0.2, -0.15) is 9.97 Å². The number of Topliss-reactive ketones (excluding diaryl/α,β-unsaturated/α-hetero) is 1. The number of aromatic hydroxyl groups is 1. The van der Waals surface area contributed by atoms with Crippen molar-refractivity contribution in [1.29, 1.82) is 0 Å². The molecule has 2 aromatic carbocycles. The van der Waals surface area contributed by atoms with Crippen LogP contribution in [-0.4, -0.2) is 41.9 Å². The van der Waals surface area contributed by atoms with E-state index >= 15 is 0 Å². The van der Waals surface area contributed by atoms with Gasteiger partial charge < -0.3 is 21.3 Å². The maximum Gasteiger partial charge on any atom is 0.311 e. The first-order valence-corrected chi connectivity index (χ1v) is 10.0. The molecule has 10 heteroatoms. The van der Waals surface area contributed by atoms with E-state index in [4.69, 9.17) is 5.73 Å². The number of carboxylic acids is 1. The third-order valence-electron chi connectivity index (χ3n) is 5.03. The Morgan fingerprint density at radius 2 is 1.73 bits per heavy atom. The zero-order valence-electron chi connectivity index (χ0n) is 17.3. The van der Waals surface area contributed by atoms with E-state index in [0.717, 1.165) is 5.69 Å².